The Morgan fingerprint density at radius 1 is 1.62 bits per heavy atom. The molecule has 0 unspecified atom stereocenters. The molecule has 13 heavy (non-hydrogen) atoms. The van der Waals surface area contributed by atoms with E-state index in [0.29, 0.717) is 6.42 Å². The molecule has 0 aliphatic heterocycles. The molecule has 0 aromatic carbocycles. The van der Waals surface area contributed by atoms with Gasteiger partial charge in [0, 0.05) is 17.7 Å². The molecular weight excluding hydrogens is 336 g/mol. The average Bonchev–Trinajstić information content (AvgIpc) is 2.41. The van der Waals surface area contributed by atoms with Gasteiger partial charge in [-0.25, -0.2) is 0 Å². The molecule has 0 atom stereocenters. The van der Waals surface area contributed by atoms with Gasteiger partial charge in [-0.05, 0) is 44.2 Å². The van der Waals surface area contributed by atoms with Crippen molar-refractivity contribution in [2.75, 3.05) is 12.0 Å². The van der Waals surface area contributed by atoms with Crippen molar-refractivity contribution in [1.82, 2.24) is 0 Å². The molecule has 0 amide bonds. The van der Waals surface area contributed by atoms with Gasteiger partial charge in [0.2, 0.25) is 0 Å². The molecule has 0 fully saturated rings. The van der Waals surface area contributed by atoms with E-state index in [1.165, 1.54) is 11.3 Å². The van der Waals surface area contributed by atoms with Crippen molar-refractivity contribution in [3.05, 3.63) is 19.2 Å². The van der Waals surface area contributed by atoms with Gasteiger partial charge in [0.15, 0.2) is 5.78 Å². The highest BCUT2D eigenvalue weighted by Gasteiger charge is 2.12. The number of thiophene rings is 1. The van der Waals surface area contributed by atoms with Crippen LogP contribution in [0.2, 0.25) is 0 Å². The van der Waals surface area contributed by atoms with Crippen LogP contribution in [-0.2, 0) is 0 Å². The molecule has 1 nitrogen and oxygen atoms in total. The Morgan fingerprint density at radius 2 is 2.31 bits per heavy atom. The van der Waals surface area contributed by atoms with Crippen LogP contribution in [0.15, 0.2) is 13.6 Å². The summed E-state index contributed by atoms with van der Waals surface area (Å²) in [5.74, 6) is 1.10. The van der Waals surface area contributed by atoms with Crippen LogP contribution in [0.25, 0.3) is 0 Å². The molecule has 0 spiro atoms. The lowest BCUT2D eigenvalue weighted by Gasteiger charge is -1.96. The lowest BCUT2D eigenvalue weighted by molar-refractivity contribution is 0.0989. The maximum Gasteiger partial charge on any atom is 0.165 e. The Morgan fingerprint density at radius 3 is 2.77 bits per heavy atom. The molecule has 1 heterocycles. The van der Waals surface area contributed by atoms with Crippen molar-refractivity contribution in [1.29, 1.82) is 0 Å². The Labute approximate surface area is 103 Å². The van der Waals surface area contributed by atoms with Gasteiger partial charge in [-0.2, -0.15) is 11.8 Å². The number of carbonyl (C=O) groups is 1. The Bertz CT molecular complexity index is 309. The van der Waals surface area contributed by atoms with Gasteiger partial charge in [-0.3, -0.25) is 4.79 Å². The van der Waals surface area contributed by atoms with E-state index in [4.69, 9.17) is 0 Å². The first kappa shape index (κ1) is 11.8. The van der Waals surface area contributed by atoms with Crippen molar-refractivity contribution in [2.24, 2.45) is 0 Å². The van der Waals surface area contributed by atoms with Crippen LogP contribution in [0.4, 0.5) is 0 Å². The highest BCUT2D eigenvalue weighted by atomic mass is 79.9. The lowest BCUT2D eigenvalue weighted by Crippen LogP contribution is -1.98. The number of halogens is 2. The van der Waals surface area contributed by atoms with Crippen molar-refractivity contribution < 1.29 is 4.79 Å². The maximum absolute atomic E-state index is 11.6. The summed E-state index contributed by atoms with van der Waals surface area (Å²) in [7, 11) is 0. The predicted octanol–water partition coefficient (Wildman–Crippen LogP) is 4.21. The highest BCUT2D eigenvalue weighted by Crippen LogP contribution is 2.32. The van der Waals surface area contributed by atoms with Crippen LogP contribution < -0.4 is 0 Å². The van der Waals surface area contributed by atoms with Crippen molar-refractivity contribution in [2.45, 2.75) is 6.42 Å². The van der Waals surface area contributed by atoms with Crippen LogP contribution >= 0.6 is 55.0 Å². The Kier molecular flexibility index (Phi) is 5.00. The smallest absolute Gasteiger partial charge is 0.165 e. The first-order chi connectivity index (χ1) is 6.15. The summed E-state index contributed by atoms with van der Waals surface area (Å²) in [6.07, 6.45) is 2.62. The molecular formula is C8H8Br2OS2. The zero-order valence-corrected chi connectivity index (χ0v) is 11.8. The molecule has 1 aromatic rings. The fourth-order valence-corrected chi connectivity index (χ4v) is 4.10. The van der Waals surface area contributed by atoms with Crippen LogP contribution in [0.1, 0.15) is 16.8 Å². The zero-order chi connectivity index (χ0) is 9.84. The molecule has 0 saturated heterocycles. The Balaban J connectivity index is 2.70. The van der Waals surface area contributed by atoms with Gasteiger partial charge in [0.1, 0.15) is 0 Å². The van der Waals surface area contributed by atoms with E-state index in [1.807, 2.05) is 12.3 Å². The van der Waals surface area contributed by atoms with Crippen LogP contribution in [0.5, 0.6) is 0 Å². The lowest BCUT2D eigenvalue weighted by atomic mass is 10.2. The SMILES string of the molecule is CSCCC(=O)c1cc(Br)sc1Br. The first-order valence-electron chi connectivity index (χ1n) is 3.62. The second-order valence-electron chi connectivity index (χ2n) is 2.40. The molecule has 0 saturated carbocycles. The normalized spacial score (nSPS) is 10.4. The second kappa shape index (κ2) is 5.53. The molecule has 1 rings (SSSR count). The Hall–Kier alpha value is 0.680. The fraction of sp³-hybridized carbons (Fsp3) is 0.375. The molecule has 0 N–H and O–H groups in total. The molecule has 5 heteroatoms. The summed E-state index contributed by atoms with van der Waals surface area (Å²) in [6.45, 7) is 0. The van der Waals surface area contributed by atoms with E-state index in [1.54, 1.807) is 11.8 Å². The molecule has 0 radical (unpaired) electrons. The molecule has 0 aliphatic rings. The van der Waals surface area contributed by atoms with Crippen LogP contribution in [0.3, 0.4) is 0 Å². The van der Waals surface area contributed by atoms with Crippen molar-refractivity contribution >= 4 is 60.7 Å². The quantitative estimate of drug-likeness (QED) is 0.762. The third-order valence-electron chi connectivity index (χ3n) is 1.49. The molecule has 1 aromatic heterocycles. The maximum atomic E-state index is 11.6. The fourth-order valence-electron chi connectivity index (χ4n) is 0.860. The van der Waals surface area contributed by atoms with E-state index in [-0.39, 0.29) is 5.78 Å². The highest BCUT2D eigenvalue weighted by molar-refractivity contribution is 9.12. The van der Waals surface area contributed by atoms with E-state index >= 15 is 0 Å². The number of ketones is 1. The first-order valence-corrected chi connectivity index (χ1v) is 7.41. The van der Waals surface area contributed by atoms with Crippen molar-refractivity contribution in [3.8, 4) is 0 Å². The number of carbonyl (C=O) groups excluding carboxylic acids is 1. The number of hydrogen-bond donors (Lipinski definition) is 0. The summed E-state index contributed by atoms with van der Waals surface area (Å²) in [6, 6.07) is 1.87. The number of Topliss-reactive ketones (excluding diaryl/α,β-unsaturated/α-hetero) is 1. The summed E-state index contributed by atoms with van der Waals surface area (Å²) in [5.41, 5.74) is 0.797. The predicted molar refractivity (Wildman–Crippen MR) is 67.0 cm³/mol. The monoisotopic (exact) mass is 342 g/mol. The summed E-state index contributed by atoms with van der Waals surface area (Å²) >= 11 is 9.95. The third-order valence-corrected chi connectivity index (χ3v) is 4.44. The van der Waals surface area contributed by atoms with Crippen LogP contribution in [0, 0.1) is 0 Å². The largest absolute Gasteiger partial charge is 0.294 e. The molecule has 0 aliphatic carbocycles. The minimum absolute atomic E-state index is 0.211. The van der Waals surface area contributed by atoms with Gasteiger partial charge >= 0.3 is 0 Å². The van der Waals surface area contributed by atoms with Gasteiger partial charge in [-0.1, -0.05) is 0 Å². The summed E-state index contributed by atoms with van der Waals surface area (Å²) in [4.78, 5) is 11.6. The van der Waals surface area contributed by atoms with Crippen molar-refractivity contribution in [3.63, 3.8) is 0 Å². The summed E-state index contributed by atoms with van der Waals surface area (Å²) in [5, 5.41) is 0. The van der Waals surface area contributed by atoms with E-state index in [2.05, 4.69) is 31.9 Å². The van der Waals surface area contributed by atoms with E-state index in [0.717, 1.165) is 18.9 Å². The minimum Gasteiger partial charge on any atom is -0.294 e. The average molecular weight is 344 g/mol. The van der Waals surface area contributed by atoms with Gasteiger partial charge in [0.25, 0.3) is 0 Å². The molecule has 72 valence electrons. The van der Waals surface area contributed by atoms with Gasteiger partial charge in [0.05, 0.1) is 7.57 Å². The zero-order valence-electron chi connectivity index (χ0n) is 6.97. The number of thioether (sulfide) groups is 1. The topological polar surface area (TPSA) is 17.1 Å². The second-order valence-corrected chi connectivity index (χ2v) is 7.14. The minimum atomic E-state index is 0.211. The number of hydrogen-bond acceptors (Lipinski definition) is 3. The van der Waals surface area contributed by atoms with Crippen LogP contribution in [-0.4, -0.2) is 17.8 Å². The standard InChI is InChI=1S/C8H8Br2OS2/c1-12-3-2-6(11)5-4-7(9)13-8(5)10/h4H,2-3H2,1H3. The van der Waals surface area contributed by atoms with Gasteiger partial charge in [-0.15, -0.1) is 11.3 Å². The van der Waals surface area contributed by atoms with E-state index < -0.39 is 0 Å². The third kappa shape index (κ3) is 3.38. The summed E-state index contributed by atoms with van der Waals surface area (Å²) < 4.78 is 1.91. The molecule has 0 bridgehead atoms. The van der Waals surface area contributed by atoms with Gasteiger partial charge < -0.3 is 0 Å². The van der Waals surface area contributed by atoms with E-state index in [9.17, 15) is 4.79 Å². The number of rotatable bonds is 4.